The van der Waals surface area contributed by atoms with Crippen LogP contribution >= 0.6 is 0 Å². The molecule has 0 aliphatic heterocycles. The highest BCUT2D eigenvalue weighted by molar-refractivity contribution is 6.03. The van der Waals surface area contributed by atoms with E-state index < -0.39 is 0 Å². The minimum absolute atomic E-state index is 0.0575. The summed E-state index contributed by atoms with van der Waals surface area (Å²) in [6.07, 6.45) is 1.98. The Labute approximate surface area is 106 Å². The molecule has 0 heterocycles. The number of rotatable bonds is 4. The van der Waals surface area contributed by atoms with Gasteiger partial charge in [0, 0.05) is 11.9 Å². The first-order valence-electron chi connectivity index (χ1n) is 6.23. The summed E-state index contributed by atoms with van der Waals surface area (Å²) in [5.74, 6) is -0.159. The number of nitrogens with one attached hydrogen (secondary N) is 1. The Morgan fingerprint density at radius 2 is 2.00 bits per heavy atom. The molecule has 0 atom stereocenters. The van der Waals surface area contributed by atoms with Crippen LogP contribution in [0.3, 0.4) is 0 Å². The van der Waals surface area contributed by atoms with Gasteiger partial charge in [-0.25, -0.2) is 0 Å². The third-order valence-corrected chi connectivity index (χ3v) is 2.96. The number of carbonyl (C=O) groups is 1. The van der Waals surface area contributed by atoms with Crippen LogP contribution in [0.5, 0.6) is 5.75 Å². The van der Waals surface area contributed by atoms with Crippen molar-refractivity contribution in [1.82, 2.24) is 5.32 Å². The normalized spacial score (nSPS) is 10.5. The Kier molecular flexibility index (Phi) is 3.82. The number of unbranched alkanes of at least 4 members (excludes halogenated alkanes) is 1. The lowest BCUT2D eigenvalue weighted by molar-refractivity contribution is 0.0951. The lowest BCUT2D eigenvalue weighted by atomic mass is 10.0. The quantitative estimate of drug-likeness (QED) is 0.811. The van der Waals surface area contributed by atoms with Gasteiger partial charge in [0.1, 0.15) is 5.75 Å². The van der Waals surface area contributed by atoms with Crippen LogP contribution in [0.25, 0.3) is 10.8 Å². The van der Waals surface area contributed by atoms with E-state index in [2.05, 4.69) is 12.2 Å². The molecule has 0 aliphatic carbocycles. The van der Waals surface area contributed by atoms with Crippen LogP contribution in [0.15, 0.2) is 36.4 Å². The van der Waals surface area contributed by atoms with Crippen molar-refractivity contribution >= 4 is 16.7 Å². The topological polar surface area (TPSA) is 49.3 Å². The minimum Gasteiger partial charge on any atom is -0.506 e. The van der Waals surface area contributed by atoms with Gasteiger partial charge in [-0.3, -0.25) is 4.79 Å². The van der Waals surface area contributed by atoms with Crippen LogP contribution in [-0.4, -0.2) is 17.6 Å². The summed E-state index contributed by atoms with van der Waals surface area (Å²) in [7, 11) is 0. The highest BCUT2D eigenvalue weighted by Crippen LogP contribution is 2.28. The Balaban J connectivity index is 2.28. The van der Waals surface area contributed by atoms with Crippen LogP contribution in [-0.2, 0) is 0 Å². The SMILES string of the molecule is CCCCNC(=O)c1ccc2ccccc2c1O. The van der Waals surface area contributed by atoms with Crippen molar-refractivity contribution < 1.29 is 9.90 Å². The van der Waals surface area contributed by atoms with Crippen LogP contribution in [0, 0.1) is 0 Å². The molecule has 2 rings (SSSR count). The van der Waals surface area contributed by atoms with Crippen molar-refractivity contribution in [3.63, 3.8) is 0 Å². The van der Waals surface area contributed by atoms with Crippen molar-refractivity contribution in [2.75, 3.05) is 6.54 Å². The van der Waals surface area contributed by atoms with Gasteiger partial charge < -0.3 is 10.4 Å². The Hall–Kier alpha value is -2.03. The molecule has 2 N–H and O–H groups in total. The van der Waals surface area contributed by atoms with Crippen molar-refractivity contribution in [2.24, 2.45) is 0 Å². The van der Waals surface area contributed by atoms with Crippen LogP contribution < -0.4 is 5.32 Å². The molecule has 0 saturated carbocycles. The fourth-order valence-corrected chi connectivity index (χ4v) is 1.91. The van der Waals surface area contributed by atoms with Gasteiger partial charge in [0.2, 0.25) is 0 Å². The van der Waals surface area contributed by atoms with Gasteiger partial charge in [-0.2, -0.15) is 0 Å². The zero-order chi connectivity index (χ0) is 13.0. The third-order valence-electron chi connectivity index (χ3n) is 2.96. The number of fused-ring (bicyclic) bond motifs is 1. The molecule has 1 amide bonds. The van der Waals surface area contributed by atoms with E-state index in [0.717, 1.165) is 18.2 Å². The molecule has 3 nitrogen and oxygen atoms in total. The van der Waals surface area contributed by atoms with Crippen LogP contribution in [0.2, 0.25) is 0 Å². The first-order chi connectivity index (χ1) is 8.74. The number of carbonyl (C=O) groups excluding carboxylic acids is 1. The molecule has 2 aromatic carbocycles. The maximum atomic E-state index is 11.9. The molecule has 0 aromatic heterocycles. The summed E-state index contributed by atoms with van der Waals surface area (Å²) in [6.45, 7) is 2.71. The average molecular weight is 243 g/mol. The first kappa shape index (κ1) is 12.4. The zero-order valence-corrected chi connectivity index (χ0v) is 10.4. The fourth-order valence-electron chi connectivity index (χ4n) is 1.91. The Morgan fingerprint density at radius 3 is 2.78 bits per heavy atom. The second-order valence-electron chi connectivity index (χ2n) is 4.29. The van der Waals surface area contributed by atoms with Crippen LogP contribution in [0.1, 0.15) is 30.1 Å². The molecular weight excluding hydrogens is 226 g/mol. The molecule has 0 bridgehead atoms. The zero-order valence-electron chi connectivity index (χ0n) is 10.4. The van der Waals surface area contributed by atoms with E-state index in [0.29, 0.717) is 17.5 Å². The summed E-state index contributed by atoms with van der Waals surface area (Å²) in [5, 5.41) is 14.6. The van der Waals surface area contributed by atoms with Gasteiger partial charge in [0.05, 0.1) is 5.56 Å². The van der Waals surface area contributed by atoms with Gasteiger partial charge in [0.25, 0.3) is 5.91 Å². The second kappa shape index (κ2) is 5.54. The highest BCUT2D eigenvalue weighted by atomic mass is 16.3. The number of hydrogen-bond acceptors (Lipinski definition) is 2. The third kappa shape index (κ3) is 2.45. The van der Waals surface area contributed by atoms with Gasteiger partial charge in [-0.05, 0) is 17.9 Å². The van der Waals surface area contributed by atoms with Gasteiger partial charge in [-0.1, -0.05) is 43.7 Å². The van der Waals surface area contributed by atoms with E-state index in [9.17, 15) is 9.90 Å². The molecular formula is C15H17NO2. The molecule has 0 spiro atoms. The lowest BCUT2D eigenvalue weighted by Crippen LogP contribution is -2.24. The largest absolute Gasteiger partial charge is 0.506 e. The van der Waals surface area contributed by atoms with Gasteiger partial charge >= 0.3 is 0 Å². The standard InChI is InChI=1S/C15H17NO2/c1-2-3-10-16-15(18)13-9-8-11-6-4-5-7-12(11)14(13)17/h4-9,17H,2-3,10H2,1H3,(H,16,18). The van der Waals surface area contributed by atoms with E-state index in [1.54, 1.807) is 6.07 Å². The smallest absolute Gasteiger partial charge is 0.255 e. The average Bonchev–Trinajstić information content (AvgIpc) is 2.39. The molecule has 0 saturated heterocycles. The monoisotopic (exact) mass is 243 g/mol. The predicted molar refractivity (Wildman–Crippen MR) is 72.9 cm³/mol. The fraction of sp³-hybridized carbons (Fsp3) is 0.267. The second-order valence-corrected chi connectivity index (χ2v) is 4.29. The maximum absolute atomic E-state index is 11.9. The van der Waals surface area contributed by atoms with E-state index in [1.165, 1.54) is 0 Å². The van der Waals surface area contributed by atoms with Gasteiger partial charge in [-0.15, -0.1) is 0 Å². The number of benzene rings is 2. The molecule has 0 aliphatic rings. The Morgan fingerprint density at radius 1 is 1.22 bits per heavy atom. The van der Waals surface area contributed by atoms with E-state index in [4.69, 9.17) is 0 Å². The summed E-state index contributed by atoms with van der Waals surface area (Å²) < 4.78 is 0. The van der Waals surface area contributed by atoms with Crippen LogP contribution in [0.4, 0.5) is 0 Å². The minimum atomic E-state index is -0.216. The van der Waals surface area contributed by atoms with Gasteiger partial charge in [0.15, 0.2) is 0 Å². The molecule has 0 fully saturated rings. The number of phenolic OH excluding ortho intramolecular Hbond substituents is 1. The molecule has 2 aromatic rings. The van der Waals surface area contributed by atoms with Crippen molar-refractivity contribution in [3.05, 3.63) is 42.0 Å². The summed E-state index contributed by atoms with van der Waals surface area (Å²) >= 11 is 0. The summed E-state index contributed by atoms with van der Waals surface area (Å²) in [5.41, 5.74) is 0.338. The maximum Gasteiger partial charge on any atom is 0.255 e. The molecule has 18 heavy (non-hydrogen) atoms. The highest BCUT2D eigenvalue weighted by Gasteiger charge is 2.12. The van der Waals surface area contributed by atoms with Crippen molar-refractivity contribution in [2.45, 2.75) is 19.8 Å². The van der Waals surface area contributed by atoms with E-state index in [1.807, 2.05) is 30.3 Å². The number of phenols is 1. The van der Waals surface area contributed by atoms with E-state index in [-0.39, 0.29) is 11.7 Å². The number of hydrogen-bond donors (Lipinski definition) is 2. The molecule has 3 heteroatoms. The van der Waals surface area contributed by atoms with E-state index >= 15 is 0 Å². The first-order valence-corrected chi connectivity index (χ1v) is 6.23. The predicted octanol–water partition coefficient (Wildman–Crippen LogP) is 3.08. The molecule has 0 unspecified atom stereocenters. The molecule has 0 radical (unpaired) electrons. The Bertz CT molecular complexity index is 563. The molecule has 94 valence electrons. The van der Waals surface area contributed by atoms with Crippen molar-refractivity contribution in [3.8, 4) is 5.75 Å². The summed E-state index contributed by atoms with van der Waals surface area (Å²) in [4.78, 5) is 11.9. The number of amides is 1. The lowest BCUT2D eigenvalue weighted by Gasteiger charge is -2.08. The summed E-state index contributed by atoms with van der Waals surface area (Å²) in [6, 6.07) is 11.0. The van der Waals surface area contributed by atoms with Crippen molar-refractivity contribution in [1.29, 1.82) is 0 Å². The number of aromatic hydroxyl groups is 1.